The van der Waals surface area contributed by atoms with Crippen molar-refractivity contribution in [2.75, 3.05) is 13.1 Å². The molecule has 2 nitrogen and oxygen atoms in total. The number of likely N-dealkylation sites (tertiary alicyclic amines) is 1. The van der Waals surface area contributed by atoms with Gasteiger partial charge in [-0.1, -0.05) is 33.6 Å². The molecular formula is C15H30N2. The lowest BCUT2D eigenvalue weighted by atomic mass is 9.80. The van der Waals surface area contributed by atoms with Crippen molar-refractivity contribution in [3.63, 3.8) is 0 Å². The summed E-state index contributed by atoms with van der Waals surface area (Å²) in [6, 6.07) is 1.25. The van der Waals surface area contributed by atoms with Crippen LogP contribution in [0.3, 0.4) is 0 Å². The van der Waals surface area contributed by atoms with Crippen molar-refractivity contribution >= 4 is 0 Å². The molecule has 2 heteroatoms. The lowest BCUT2D eigenvalue weighted by Gasteiger charge is -2.36. The van der Waals surface area contributed by atoms with Crippen molar-refractivity contribution in [1.82, 2.24) is 4.90 Å². The fourth-order valence-electron chi connectivity index (χ4n) is 3.80. The molecule has 1 heterocycles. The fraction of sp³-hybridized carbons (Fsp3) is 1.00. The maximum absolute atomic E-state index is 6.15. The molecule has 0 aromatic heterocycles. The van der Waals surface area contributed by atoms with E-state index < -0.39 is 0 Å². The fourth-order valence-corrected chi connectivity index (χ4v) is 3.80. The van der Waals surface area contributed by atoms with Crippen LogP contribution in [0.4, 0.5) is 0 Å². The molecule has 1 aliphatic carbocycles. The molecule has 2 rings (SSSR count). The third-order valence-corrected chi connectivity index (χ3v) is 4.77. The molecule has 2 N–H and O–H groups in total. The topological polar surface area (TPSA) is 29.3 Å². The van der Waals surface area contributed by atoms with E-state index in [0.717, 1.165) is 24.4 Å². The van der Waals surface area contributed by atoms with Crippen molar-refractivity contribution in [3.8, 4) is 0 Å². The number of hydrogen-bond acceptors (Lipinski definition) is 2. The predicted octanol–water partition coefficient (Wildman–Crippen LogP) is 2.87. The summed E-state index contributed by atoms with van der Waals surface area (Å²) in [5, 5.41) is 0. The molecule has 0 aromatic rings. The van der Waals surface area contributed by atoms with E-state index in [1.54, 1.807) is 0 Å². The van der Waals surface area contributed by atoms with E-state index in [-0.39, 0.29) is 0 Å². The lowest BCUT2D eigenvalue weighted by Crippen LogP contribution is -2.39. The quantitative estimate of drug-likeness (QED) is 0.819. The lowest BCUT2D eigenvalue weighted by molar-refractivity contribution is 0.142. The molecule has 4 unspecified atom stereocenters. The monoisotopic (exact) mass is 238 g/mol. The summed E-state index contributed by atoms with van der Waals surface area (Å²) in [5.74, 6) is 2.53. The molecular weight excluding hydrogens is 208 g/mol. The summed E-state index contributed by atoms with van der Waals surface area (Å²) in [5.41, 5.74) is 6.15. The van der Waals surface area contributed by atoms with Crippen molar-refractivity contribution in [1.29, 1.82) is 0 Å². The molecule has 1 aliphatic heterocycles. The van der Waals surface area contributed by atoms with Crippen LogP contribution < -0.4 is 5.73 Å². The van der Waals surface area contributed by atoms with Crippen LogP contribution in [0.1, 0.15) is 52.9 Å². The van der Waals surface area contributed by atoms with Gasteiger partial charge in [0, 0.05) is 25.2 Å². The maximum atomic E-state index is 6.15. The van der Waals surface area contributed by atoms with Gasteiger partial charge in [0.05, 0.1) is 0 Å². The Morgan fingerprint density at radius 3 is 2.59 bits per heavy atom. The van der Waals surface area contributed by atoms with Gasteiger partial charge in [-0.2, -0.15) is 0 Å². The molecule has 17 heavy (non-hydrogen) atoms. The van der Waals surface area contributed by atoms with Crippen LogP contribution in [0.2, 0.25) is 0 Å². The molecule has 100 valence electrons. The zero-order chi connectivity index (χ0) is 12.4. The van der Waals surface area contributed by atoms with Gasteiger partial charge in [0.2, 0.25) is 0 Å². The number of rotatable bonds is 3. The van der Waals surface area contributed by atoms with Gasteiger partial charge < -0.3 is 5.73 Å². The number of hydrogen-bond donors (Lipinski definition) is 1. The first-order chi connectivity index (χ1) is 8.06. The second-order valence-corrected chi connectivity index (χ2v) is 6.91. The molecule has 0 aromatic carbocycles. The first-order valence-corrected chi connectivity index (χ1v) is 7.56. The average Bonchev–Trinajstić information content (AvgIpc) is 2.59. The van der Waals surface area contributed by atoms with Gasteiger partial charge in [0.15, 0.2) is 0 Å². The first kappa shape index (κ1) is 13.4. The van der Waals surface area contributed by atoms with Gasteiger partial charge in [0.1, 0.15) is 0 Å². The minimum absolute atomic E-state index is 0.417. The molecule has 0 spiro atoms. The highest BCUT2D eigenvalue weighted by atomic mass is 15.2. The Morgan fingerprint density at radius 1 is 1.24 bits per heavy atom. The minimum Gasteiger partial charge on any atom is -0.326 e. The summed E-state index contributed by atoms with van der Waals surface area (Å²) in [4.78, 5) is 2.68. The third kappa shape index (κ3) is 3.45. The number of nitrogens with zero attached hydrogens (tertiary/aromatic N) is 1. The molecule has 1 saturated carbocycles. The highest BCUT2D eigenvalue weighted by Gasteiger charge is 2.34. The maximum Gasteiger partial charge on any atom is 0.0206 e. The van der Waals surface area contributed by atoms with E-state index in [0.29, 0.717) is 12.0 Å². The third-order valence-electron chi connectivity index (χ3n) is 4.77. The van der Waals surface area contributed by atoms with Crippen molar-refractivity contribution in [2.45, 2.75) is 65.0 Å². The number of nitrogens with two attached hydrogens (primary N) is 1. The van der Waals surface area contributed by atoms with Crippen LogP contribution >= 0.6 is 0 Å². The van der Waals surface area contributed by atoms with Crippen LogP contribution in [0.5, 0.6) is 0 Å². The standard InChI is InChI=1S/C15H30N2/c1-11(2)7-13-5-4-6-14(8-13)17-9-12(3)15(16)10-17/h11-15H,4-10,16H2,1-3H3. The van der Waals surface area contributed by atoms with E-state index in [1.807, 2.05) is 0 Å². The Hall–Kier alpha value is -0.0800. The Morgan fingerprint density at radius 2 is 2.00 bits per heavy atom. The highest BCUT2D eigenvalue weighted by Crippen LogP contribution is 2.33. The Balaban J connectivity index is 1.85. The molecule has 0 bridgehead atoms. The van der Waals surface area contributed by atoms with E-state index in [1.165, 1.54) is 38.6 Å². The summed E-state index contributed by atoms with van der Waals surface area (Å²) < 4.78 is 0. The van der Waals surface area contributed by atoms with Gasteiger partial charge in [0.25, 0.3) is 0 Å². The predicted molar refractivity (Wildman–Crippen MR) is 73.9 cm³/mol. The molecule has 0 radical (unpaired) electrons. The van der Waals surface area contributed by atoms with Gasteiger partial charge in [-0.3, -0.25) is 4.90 Å². The molecule has 0 amide bonds. The Bertz CT molecular complexity index is 229. The van der Waals surface area contributed by atoms with Gasteiger partial charge in [-0.25, -0.2) is 0 Å². The van der Waals surface area contributed by atoms with E-state index in [2.05, 4.69) is 25.7 Å². The molecule has 1 saturated heterocycles. The highest BCUT2D eigenvalue weighted by molar-refractivity contribution is 4.90. The van der Waals surface area contributed by atoms with E-state index in [9.17, 15) is 0 Å². The van der Waals surface area contributed by atoms with Crippen molar-refractivity contribution in [2.24, 2.45) is 23.5 Å². The summed E-state index contributed by atoms with van der Waals surface area (Å²) in [6.07, 6.45) is 7.16. The summed E-state index contributed by atoms with van der Waals surface area (Å²) in [7, 11) is 0. The molecule has 2 fully saturated rings. The average molecular weight is 238 g/mol. The summed E-state index contributed by atoms with van der Waals surface area (Å²) in [6.45, 7) is 9.40. The second-order valence-electron chi connectivity index (χ2n) is 6.91. The van der Waals surface area contributed by atoms with Gasteiger partial charge >= 0.3 is 0 Å². The van der Waals surface area contributed by atoms with Gasteiger partial charge in [-0.15, -0.1) is 0 Å². The van der Waals surface area contributed by atoms with E-state index >= 15 is 0 Å². The van der Waals surface area contributed by atoms with Crippen LogP contribution in [0, 0.1) is 17.8 Å². The van der Waals surface area contributed by atoms with Crippen molar-refractivity contribution < 1.29 is 0 Å². The largest absolute Gasteiger partial charge is 0.326 e. The summed E-state index contributed by atoms with van der Waals surface area (Å²) >= 11 is 0. The smallest absolute Gasteiger partial charge is 0.0206 e. The minimum atomic E-state index is 0.417. The molecule has 4 atom stereocenters. The Kier molecular flexibility index (Phi) is 4.48. The van der Waals surface area contributed by atoms with Gasteiger partial charge in [-0.05, 0) is 37.0 Å². The SMILES string of the molecule is CC(C)CC1CCCC(N2CC(C)C(N)C2)C1. The van der Waals surface area contributed by atoms with Crippen LogP contribution in [-0.2, 0) is 0 Å². The van der Waals surface area contributed by atoms with E-state index in [4.69, 9.17) is 5.73 Å². The normalized spacial score (nSPS) is 40.1. The van der Waals surface area contributed by atoms with Crippen LogP contribution in [0.25, 0.3) is 0 Å². The first-order valence-electron chi connectivity index (χ1n) is 7.56. The second kappa shape index (κ2) is 5.71. The molecule has 2 aliphatic rings. The Labute approximate surface area is 107 Å². The zero-order valence-corrected chi connectivity index (χ0v) is 11.9. The van der Waals surface area contributed by atoms with Crippen LogP contribution in [-0.4, -0.2) is 30.1 Å². The van der Waals surface area contributed by atoms with Crippen molar-refractivity contribution in [3.05, 3.63) is 0 Å². The van der Waals surface area contributed by atoms with Crippen LogP contribution in [0.15, 0.2) is 0 Å². The zero-order valence-electron chi connectivity index (χ0n) is 11.9.